The Balaban J connectivity index is 1.26. The van der Waals surface area contributed by atoms with Gasteiger partial charge in [0.15, 0.2) is 11.6 Å². The fourth-order valence-electron chi connectivity index (χ4n) is 5.46. The molecular weight excluding hydrogens is 584 g/mol. The van der Waals surface area contributed by atoms with Crippen molar-refractivity contribution in [3.8, 4) is 28.3 Å². The Bertz CT molecular complexity index is 2070. The largest absolute Gasteiger partial charge is 0.497 e. The van der Waals surface area contributed by atoms with E-state index >= 15 is 0 Å². The number of nitrogens with zero attached hydrogens (tertiary/aromatic N) is 5. The molecule has 0 amide bonds. The summed E-state index contributed by atoms with van der Waals surface area (Å²) in [5.41, 5.74) is 5.60. The van der Waals surface area contributed by atoms with E-state index in [4.69, 9.17) is 18.8 Å². The number of H-pyrrole nitrogens is 1. The molecule has 6 rings (SSSR count). The molecule has 234 valence electrons. The van der Waals surface area contributed by atoms with Crippen molar-refractivity contribution >= 4 is 0 Å². The molecule has 0 atom stereocenters. The summed E-state index contributed by atoms with van der Waals surface area (Å²) in [6.45, 7) is 4.34. The quantitative estimate of drug-likeness (QED) is 0.187. The van der Waals surface area contributed by atoms with Gasteiger partial charge < -0.3 is 9.26 Å². The van der Waals surface area contributed by atoms with Gasteiger partial charge in [0.05, 0.1) is 20.1 Å². The lowest BCUT2D eigenvalue weighted by atomic mass is 9.98. The normalized spacial score (nSPS) is 11.2. The number of aromatic nitrogens is 6. The van der Waals surface area contributed by atoms with Crippen molar-refractivity contribution in [1.29, 1.82) is 0 Å². The maximum atomic E-state index is 14.0. The van der Waals surface area contributed by atoms with Gasteiger partial charge in [0.2, 0.25) is 5.89 Å². The second-order valence-corrected chi connectivity index (χ2v) is 11.1. The summed E-state index contributed by atoms with van der Waals surface area (Å²) in [7, 11) is 1.63. The highest BCUT2D eigenvalue weighted by molar-refractivity contribution is 5.80. The van der Waals surface area contributed by atoms with Crippen LogP contribution in [0.3, 0.4) is 0 Å². The van der Waals surface area contributed by atoms with Crippen molar-refractivity contribution in [2.45, 2.75) is 52.5 Å². The maximum absolute atomic E-state index is 14.0. The van der Waals surface area contributed by atoms with Gasteiger partial charge in [-0.05, 0) is 47.7 Å². The summed E-state index contributed by atoms with van der Waals surface area (Å²) in [4.78, 5) is 37.6. The number of aryl methyl sites for hydroxylation is 2. The molecule has 0 aliphatic carbocycles. The number of methoxy groups -OCH3 is 1. The van der Waals surface area contributed by atoms with E-state index in [0.29, 0.717) is 48.2 Å². The minimum Gasteiger partial charge on any atom is -0.497 e. The van der Waals surface area contributed by atoms with Crippen molar-refractivity contribution in [2.75, 3.05) is 7.11 Å². The molecule has 0 spiro atoms. The van der Waals surface area contributed by atoms with Gasteiger partial charge in [0.1, 0.15) is 11.6 Å². The summed E-state index contributed by atoms with van der Waals surface area (Å²) in [5, 5.41) is 8.00. The van der Waals surface area contributed by atoms with Crippen molar-refractivity contribution in [3.63, 3.8) is 0 Å². The van der Waals surface area contributed by atoms with E-state index in [0.717, 1.165) is 52.2 Å². The highest BCUT2D eigenvalue weighted by Gasteiger charge is 2.19. The van der Waals surface area contributed by atoms with Crippen LogP contribution in [0, 0.1) is 6.92 Å². The number of aromatic amines is 1. The Kier molecular flexibility index (Phi) is 9.00. The first-order valence-electron chi connectivity index (χ1n) is 15.2. The van der Waals surface area contributed by atoms with Gasteiger partial charge in [-0.15, -0.1) is 0 Å². The van der Waals surface area contributed by atoms with Gasteiger partial charge in [-0.25, -0.2) is 9.78 Å². The third-order valence-corrected chi connectivity index (χ3v) is 7.86. The third-order valence-electron chi connectivity index (χ3n) is 7.86. The number of nitrogens with one attached hydrogen (secondary N) is 1. The van der Waals surface area contributed by atoms with E-state index in [1.54, 1.807) is 11.7 Å². The minimum absolute atomic E-state index is 0.115. The van der Waals surface area contributed by atoms with Crippen LogP contribution in [0.4, 0.5) is 0 Å². The Morgan fingerprint density at radius 1 is 0.870 bits per heavy atom. The molecule has 11 heteroatoms. The SMILES string of the molecule is CCCCc1nc(C)c(Cc2nc(Cc3cccc(OC)c3)no2)c(=O)n1Cc1ccc(-c2ccccc2-c2noc(=O)[nH]2)cc1. The molecular formula is C35H34N6O5. The highest BCUT2D eigenvalue weighted by Crippen LogP contribution is 2.30. The maximum Gasteiger partial charge on any atom is 0.439 e. The molecule has 3 aromatic heterocycles. The zero-order valence-electron chi connectivity index (χ0n) is 25.9. The van der Waals surface area contributed by atoms with E-state index in [2.05, 4.69) is 27.2 Å². The van der Waals surface area contributed by atoms with Gasteiger partial charge in [0, 0.05) is 29.7 Å². The van der Waals surface area contributed by atoms with Crippen LogP contribution < -0.4 is 16.1 Å². The van der Waals surface area contributed by atoms with E-state index in [9.17, 15) is 9.59 Å². The standard InChI is InChI=1S/C35H34N6O5/c1-4-5-13-31-36-22(2)29(20-32-37-30(39-45-32)19-24-9-8-10-26(18-24)44-3)34(42)41(31)21-23-14-16-25(17-15-23)27-11-6-7-12-28(27)33-38-35(43)46-40-33/h6-12,14-18H,4-5,13,19-21H2,1-3H3,(H,38,40,43). The summed E-state index contributed by atoms with van der Waals surface area (Å²) in [6.07, 6.45) is 3.27. The Labute approximate surface area is 264 Å². The molecule has 46 heavy (non-hydrogen) atoms. The van der Waals surface area contributed by atoms with Crippen molar-refractivity contribution in [3.05, 3.63) is 134 Å². The summed E-state index contributed by atoms with van der Waals surface area (Å²) >= 11 is 0. The van der Waals surface area contributed by atoms with Gasteiger partial charge in [0.25, 0.3) is 5.56 Å². The number of unbranched alkanes of at least 4 members (excludes halogenated alkanes) is 1. The van der Waals surface area contributed by atoms with Crippen molar-refractivity contribution < 1.29 is 13.8 Å². The van der Waals surface area contributed by atoms with Crippen molar-refractivity contribution in [2.24, 2.45) is 0 Å². The molecule has 1 N–H and O–H groups in total. The van der Waals surface area contributed by atoms with E-state index in [1.807, 2.05) is 79.7 Å². The minimum atomic E-state index is -0.608. The lowest BCUT2D eigenvalue weighted by Crippen LogP contribution is -2.30. The molecule has 0 radical (unpaired) electrons. The first-order chi connectivity index (χ1) is 22.4. The molecule has 3 aromatic carbocycles. The predicted octanol–water partition coefficient (Wildman–Crippen LogP) is 5.53. The summed E-state index contributed by atoms with van der Waals surface area (Å²) < 4.78 is 17.4. The Morgan fingerprint density at radius 2 is 1.67 bits per heavy atom. The average Bonchev–Trinajstić information content (AvgIpc) is 3.72. The molecule has 0 saturated heterocycles. The van der Waals surface area contributed by atoms with Crippen LogP contribution >= 0.6 is 0 Å². The predicted molar refractivity (Wildman–Crippen MR) is 172 cm³/mol. The van der Waals surface area contributed by atoms with Crippen LogP contribution in [0.5, 0.6) is 5.75 Å². The fraction of sp³-hybridized carbons (Fsp3) is 0.257. The van der Waals surface area contributed by atoms with Crippen LogP contribution in [-0.2, 0) is 25.8 Å². The molecule has 6 aromatic rings. The first kappa shape index (κ1) is 30.4. The third kappa shape index (κ3) is 6.73. The van der Waals surface area contributed by atoms with Crippen LogP contribution in [0.15, 0.2) is 91.4 Å². The molecule has 0 aliphatic rings. The molecule has 0 saturated carbocycles. The fourth-order valence-corrected chi connectivity index (χ4v) is 5.46. The number of benzene rings is 3. The number of hydrogen-bond acceptors (Lipinski definition) is 9. The van der Waals surface area contributed by atoms with Crippen LogP contribution in [0.1, 0.15) is 59.7 Å². The van der Waals surface area contributed by atoms with Gasteiger partial charge in [-0.3, -0.25) is 18.9 Å². The zero-order chi connectivity index (χ0) is 32.0. The average molecular weight is 619 g/mol. The monoisotopic (exact) mass is 618 g/mol. The van der Waals surface area contributed by atoms with Crippen LogP contribution in [0.25, 0.3) is 22.5 Å². The topological polar surface area (TPSA) is 142 Å². The Morgan fingerprint density at radius 3 is 2.41 bits per heavy atom. The lowest BCUT2D eigenvalue weighted by Gasteiger charge is -2.16. The molecule has 0 aliphatic heterocycles. The van der Waals surface area contributed by atoms with E-state index in [1.165, 1.54) is 0 Å². The second-order valence-electron chi connectivity index (χ2n) is 11.1. The lowest BCUT2D eigenvalue weighted by molar-refractivity contribution is 0.379. The molecule has 0 bridgehead atoms. The summed E-state index contributed by atoms with van der Waals surface area (Å²) in [6, 6.07) is 23.3. The zero-order valence-corrected chi connectivity index (χ0v) is 25.9. The van der Waals surface area contributed by atoms with Gasteiger partial charge >= 0.3 is 5.76 Å². The Hall–Kier alpha value is -5.58. The number of hydrogen-bond donors (Lipinski definition) is 1. The summed E-state index contributed by atoms with van der Waals surface area (Å²) in [5.74, 6) is 2.17. The van der Waals surface area contributed by atoms with Crippen molar-refractivity contribution in [1.82, 2.24) is 29.8 Å². The van der Waals surface area contributed by atoms with E-state index in [-0.39, 0.29) is 12.0 Å². The number of ether oxygens (including phenoxy) is 1. The van der Waals surface area contributed by atoms with Crippen LogP contribution in [-0.4, -0.2) is 36.9 Å². The van der Waals surface area contributed by atoms with Gasteiger partial charge in [-0.2, -0.15) is 4.98 Å². The molecule has 3 heterocycles. The van der Waals surface area contributed by atoms with E-state index < -0.39 is 5.76 Å². The number of rotatable bonds is 12. The molecule has 11 nitrogen and oxygen atoms in total. The van der Waals surface area contributed by atoms with Crippen LogP contribution in [0.2, 0.25) is 0 Å². The smallest absolute Gasteiger partial charge is 0.439 e. The first-order valence-corrected chi connectivity index (χ1v) is 15.2. The molecule has 0 fully saturated rings. The van der Waals surface area contributed by atoms with Gasteiger partial charge in [-0.1, -0.05) is 84.3 Å². The molecule has 0 unspecified atom stereocenters. The highest BCUT2D eigenvalue weighted by atomic mass is 16.5. The second kappa shape index (κ2) is 13.6.